The molecule has 5 heteroatoms. The molecule has 3 aliphatic rings. The second-order valence-electron chi connectivity index (χ2n) is 8.32. The van der Waals surface area contributed by atoms with E-state index < -0.39 is 0 Å². The molecule has 1 atom stereocenters. The normalized spacial score (nSPS) is 23.6. The van der Waals surface area contributed by atoms with Crippen molar-refractivity contribution < 1.29 is 9.59 Å². The van der Waals surface area contributed by atoms with E-state index in [-0.39, 0.29) is 17.7 Å². The van der Waals surface area contributed by atoms with E-state index in [1.54, 1.807) is 0 Å². The van der Waals surface area contributed by atoms with E-state index in [9.17, 15) is 9.59 Å². The molecule has 1 N–H and O–H groups in total. The monoisotopic (exact) mass is 369 g/mol. The summed E-state index contributed by atoms with van der Waals surface area (Å²) in [5.41, 5.74) is 2.91. The van der Waals surface area contributed by atoms with Crippen molar-refractivity contribution in [1.29, 1.82) is 0 Å². The van der Waals surface area contributed by atoms with Gasteiger partial charge in [-0.2, -0.15) is 0 Å². The Morgan fingerprint density at radius 1 is 1.15 bits per heavy atom. The number of carbonyl (C=O) groups excluding carboxylic acids is 2. The van der Waals surface area contributed by atoms with Gasteiger partial charge in [-0.05, 0) is 36.8 Å². The standard InChI is InChI=1S/C22H31N3O2/c26-21-14-19(16-25(21)20-8-3-4-9-20)22(27)23-11-5-12-24-13-10-17-6-1-2-7-18(17)15-24/h1-2,6-7,19-20H,3-5,8-16H2,(H,23,27). The summed E-state index contributed by atoms with van der Waals surface area (Å²) >= 11 is 0. The Balaban J connectivity index is 1.17. The number of fused-ring (bicyclic) bond motifs is 1. The Morgan fingerprint density at radius 2 is 1.93 bits per heavy atom. The lowest BCUT2D eigenvalue weighted by Crippen LogP contribution is -2.38. The molecule has 27 heavy (non-hydrogen) atoms. The first kappa shape index (κ1) is 18.5. The van der Waals surface area contributed by atoms with Crippen molar-refractivity contribution in [2.45, 2.75) is 57.5 Å². The number of hydrogen-bond acceptors (Lipinski definition) is 3. The molecule has 1 saturated carbocycles. The molecule has 146 valence electrons. The van der Waals surface area contributed by atoms with Crippen molar-refractivity contribution in [2.24, 2.45) is 5.92 Å². The summed E-state index contributed by atoms with van der Waals surface area (Å²) < 4.78 is 0. The zero-order chi connectivity index (χ0) is 18.6. The quantitative estimate of drug-likeness (QED) is 0.783. The Hall–Kier alpha value is -1.88. The number of nitrogens with zero attached hydrogens (tertiary/aromatic N) is 2. The molecule has 1 aliphatic carbocycles. The fraction of sp³-hybridized carbons (Fsp3) is 0.636. The van der Waals surface area contributed by atoms with Crippen molar-refractivity contribution in [3.8, 4) is 0 Å². The van der Waals surface area contributed by atoms with Gasteiger partial charge in [-0.1, -0.05) is 37.1 Å². The van der Waals surface area contributed by atoms with Gasteiger partial charge in [-0.15, -0.1) is 0 Å². The summed E-state index contributed by atoms with van der Waals surface area (Å²) in [5.74, 6) is 0.0850. The highest BCUT2D eigenvalue weighted by Gasteiger charge is 2.38. The number of carbonyl (C=O) groups is 2. The third kappa shape index (κ3) is 4.34. The lowest BCUT2D eigenvalue weighted by molar-refractivity contribution is -0.130. The largest absolute Gasteiger partial charge is 0.356 e. The first-order chi connectivity index (χ1) is 13.2. The third-order valence-electron chi connectivity index (χ3n) is 6.45. The van der Waals surface area contributed by atoms with Gasteiger partial charge < -0.3 is 10.2 Å². The van der Waals surface area contributed by atoms with E-state index in [2.05, 4.69) is 34.5 Å². The van der Waals surface area contributed by atoms with Crippen LogP contribution in [0.4, 0.5) is 0 Å². The van der Waals surface area contributed by atoms with Crippen LogP contribution in [0.25, 0.3) is 0 Å². The minimum absolute atomic E-state index is 0.0628. The molecule has 2 amide bonds. The van der Waals surface area contributed by atoms with Crippen LogP contribution in [0.1, 0.15) is 49.7 Å². The molecular formula is C22H31N3O2. The van der Waals surface area contributed by atoms with Gasteiger partial charge in [0.05, 0.1) is 5.92 Å². The maximum Gasteiger partial charge on any atom is 0.225 e. The van der Waals surface area contributed by atoms with Gasteiger partial charge in [-0.25, -0.2) is 0 Å². The van der Waals surface area contributed by atoms with Crippen LogP contribution in [-0.4, -0.2) is 53.8 Å². The zero-order valence-corrected chi connectivity index (χ0v) is 16.2. The molecule has 1 unspecified atom stereocenters. The van der Waals surface area contributed by atoms with Crippen molar-refractivity contribution >= 4 is 11.8 Å². The first-order valence-electron chi connectivity index (χ1n) is 10.6. The van der Waals surface area contributed by atoms with Crippen LogP contribution >= 0.6 is 0 Å². The minimum Gasteiger partial charge on any atom is -0.356 e. The highest BCUT2D eigenvalue weighted by Crippen LogP contribution is 2.29. The van der Waals surface area contributed by atoms with Crippen LogP contribution in [0.5, 0.6) is 0 Å². The van der Waals surface area contributed by atoms with Gasteiger partial charge in [0, 0.05) is 45.2 Å². The fourth-order valence-corrected chi connectivity index (χ4v) is 4.88. The van der Waals surface area contributed by atoms with Crippen molar-refractivity contribution in [3.63, 3.8) is 0 Å². The van der Waals surface area contributed by atoms with E-state index in [1.807, 2.05) is 4.90 Å². The summed E-state index contributed by atoms with van der Waals surface area (Å²) in [7, 11) is 0. The second kappa shape index (κ2) is 8.42. The van der Waals surface area contributed by atoms with E-state index in [1.165, 1.54) is 24.0 Å². The molecule has 0 aromatic heterocycles. The third-order valence-corrected chi connectivity index (χ3v) is 6.45. The zero-order valence-electron chi connectivity index (χ0n) is 16.2. The van der Waals surface area contributed by atoms with Crippen LogP contribution in [0, 0.1) is 5.92 Å². The number of rotatable bonds is 6. The summed E-state index contributed by atoms with van der Waals surface area (Å²) in [6.07, 6.45) is 7.12. The molecule has 2 fully saturated rings. The van der Waals surface area contributed by atoms with Gasteiger partial charge >= 0.3 is 0 Å². The number of amides is 2. The van der Waals surface area contributed by atoms with Gasteiger partial charge in [0.15, 0.2) is 0 Å². The molecule has 5 nitrogen and oxygen atoms in total. The van der Waals surface area contributed by atoms with Crippen molar-refractivity contribution in [3.05, 3.63) is 35.4 Å². The van der Waals surface area contributed by atoms with E-state index in [0.29, 0.717) is 25.6 Å². The Bertz CT molecular complexity index is 684. The molecule has 2 heterocycles. The number of likely N-dealkylation sites (tertiary alicyclic amines) is 1. The predicted molar refractivity (Wildman–Crippen MR) is 105 cm³/mol. The van der Waals surface area contributed by atoms with Gasteiger partial charge in [0.25, 0.3) is 0 Å². The lowest BCUT2D eigenvalue weighted by atomic mass is 10.00. The number of nitrogens with one attached hydrogen (secondary N) is 1. The van der Waals surface area contributed by atoms with E-state index >= 15 is 0 Å². The molecule has 0 bridgehead atoms. The summed E-state index contributed by atoms with van der Waals surface area (Å²) in [6, 6.07) is 9.06. The van der Waals surface area contributed by atoms with Crippen molar-refractivity contribution in [2.75, 3.05) is 26.2 Å². The highest BCUT2D eigenvalue weighted by molar-refractivity contribution is 5.89. The number of benzene rings is 1. The van der Waals surface area contributed by atoms with Gasteiger partial charge in [0.1, 0.15) is 0 Å². The minimum atomic E-state index is -0.153. The second-order valence-corrected chi connectivity index (χ2v) is 8.32. The van der Waals surface area contributed by atoms with Crippen LogP contribution in [0.15, 0.2) is 24.3 Å². The molecule has 0 radical (unpaired) electrons. The summed E-state index contributed by atoms with van der Waals surface area (Å²) in [4.78, 5) is 29.2. The lowest BCUT2D eigenvalue weighted by Gasteiger charge is -2.28. The van der Waals surface area contributed by atoms with E-state index in [0.717, 1.165) is 45.3 Å². The average molecular weight is 370 g/mol. The molecule has 2 aliphatic heterocycles. The Labute approximate surface area is 162 Å². The topological polar surface area (TPSA) is 52.7 Å². The van der Waals surface area contributed by atoms with E-state index in [4.69, 9.17) is 0 Å². The molecule has 1 saturated heterocycles. The maximum atomic E-state index is 12.5. The Kier molecular flexibility index (Phi) is 5.77. The van der Waals surface area contributed by atoms with Crippen LogP contribution in [0.2, 0.25) is 0 Å². The van der Waals surface area contributed by atoms with Crippen molar-refractivity contribution in [1.82, 2.24) is 15.1 Å². The molecule has 1 aromatic rings. The first-order valence-corrected chi connectivity index (χ1v) is 10.6. The summed E-state index contributed by atoms with van der Waals surface area (Å²) in [5, 5.41) is 3.07. The summed E-state index contributed by atoms with van der Waals surface area (Å²) in [6.45, 7) is 4.44. The molecule has 0 spiro atoms. The van der Waals surface area contributed by atoms with Crippen LogP contribution < -0.4 is 5.32 Å². The average Bonchev–Trinajstić information content (AvgIpc) is 3.34. The van der Waals surface area contributed by atoms with Gasteiger partial charge in [-0.3, -0.25) is 14.5 Å². The number of hydrogen-bond donors (Lipinski definition) is 1. The molecular weight excluding hydrogens is 338 g/mol. The Morgan fingerprint density at radius 3 is 2.74 bits per heavy atom. The fourth-order valence-electron chi connectivity index (χ4n) is 4.88. The molecule has 1 aromatic carbocycles. The maximum absolute atomic E-state index is 12.5. The SMILES string of the molecule is O=C(NCCCN1CCc2ccccc2C1)C1CC(=O)N(C2CCCC2)C1. The predicted octanol–water partition coefficient (Wildman–Crippen LogP) is 2.34. The van der Waals surface area contributed by atoms with Crippen LogP contribution in [0.3, 0.4) is 0 Å². The van der Waals surface area contributed by atoms with Gasteiger partial charge in [0.2, 0.25) is 11.8 Å². The highest BCUT2D eigenvalue weighted by atomic mass is 16.2. The molecule has 4 rings (SSSR count). The van der Waals surface area contributed by atoms with Crippen LogP contribution in [-0.2, 0) is 22.6 Å². The smallest absolute Gasteiger partial charge is 0.225 e.